The molecule has 0 aliphatic rings. The molecular weight excluding hydrogens is 354 g/mol. The summed E-state index contributed by atoms with van der Waals surface area (Å²) in [5, 5.41) is 10.0. The van der Waals surface area contributed by atoms with Crippen molar-refractivity contribution in [1.29, 1.82) is 0 Å². The molecule has 0 unspecified atom stereocenters. The summed E-state index contributed by atoms with van der Waals surface area (Å²) in [5.74, 6) is -0.792. The summed E-state index contributed by atoms with van der Waals surface area (Å²) in [6, 6.07) is 20.0. The molecule has 0 heterocycles. The van der Waals surface area contributed by atoms with Crippen LogP contribution in [0.1, 0.15) is 27.1 Å². The van der Waals surface area contributed by atoms with E-state index in [1.54, 1.807) is 30.3 Å². The molecule has 6 nitrogen and oxygen atoms in total. The maximum atomic E-state index is 12.3. The Morgan fingerprint density at radius 3 is 2.32 bits per heavy atom. The van der Waals surface area contributed by atoms with Gasteiger partial charge in [0.25, 0.3) is 11.8 Å². The summed E-state index contributed by atoms with van der Waals surface area (Å²) in [4.78, 5) is 36.3. The van der Waals surface area contributed by atoms with Crippen molar-refractivity contribution >= 4 is 34.2 Å². The molecular formula is C22H21N3O3. The number of benzene rings is 3. The quantitative estimate of drug-likeness (QED) is 0.619. The lowest BCUT2D eigenvalue weighted by Crippen LogP contribution is -2.28. The van der Waals surface area contributed by atoms with Crippen molar-refractivity contribution < 1.29 is 14.4 Å². The van der Waals surface area contributed by atoms with Gasteiger partial charge in [0.1, 0.15) is 0 Å². The molecule has 142 valence electrons. The highest BCUT2D eigenvalue weighted by Gasteiger charge is 2.12. The van der Waals surface area contributed by atoms with Crippen LogP contribution < -0.4 is 16.0 Å². The number of hydrogen-bond acceptors (Lipinski definition) is 3. The van der Waals surface area contributed by atoms with Crippen molar-refractivity contribution in [3.63, 3.8) is 0 Å². The summed E-state index contributed by atoms with van der Waals surface area (Å²) in [6.07, 6.45) is 0.0986. The zero-order chi connectivity index (χ0) is 19.9. The highest BCUT2D eigenvalue weighted by atomic mass is 16.2. The van der Waals surface area contributed by atoms with E-state index >= 15 is 0 Å². The molecule has 6 heteroatoms. The van der Waals surface area contributed by atoms with Crippen LogP contribution in [0.15, 0.2) is 66.7 Å². The van der Waals surface area contributed by atoms with E-state index in [1.165, 1.54) is 7.05 Å². The Hall–Kier alpha value is -3.67. The average molecular weight is 375 g/mol. The fourth-order valence-corrected chi connectivity index (χ4v) is 2.86. The summed E-state index contributed by atoms with van der Waals surface area (Å²) in [5.41, 5.74) is 1.37. The van der Waals surface area contributed by atoms with Crippen molar-refractivity contribution in [1.82, 2.24) is 10.6 Å². The number of carbonyl (C=O) groups excluding carboxylic acids is 3. The van der Waals surface area contributed by atoms with Gasteiger partial charge in [0.2, 0.25) is 5.91 Å². The number of hydrogen-bond donors (Lipinski definition) is 3. The second-order valence-corrected chi connectivity index (χ2v) is 6.24. The zero-order valence-electron chi connectivity index (χ0n) is 15.5. The van der Waals surface area contributed by atoms with Crippen LogP contribution in [-0.2, 0) is 4.79 Å². The third-order valence-electron chi connectivity index (χ3n) is 4.32. The van der Waals surface area contributed by atoms with Crippen molar-refractivity contribution in [2.45, 2.75) is 6.42 Å². The van der Waals surface area contributed by atoms with Gasteiger partial charge < -0.3 is 16.0 Å². The zero-order valence-corrected chi connectivity index (χ0v) is 15.5. The predicted octanol–water partition coefficient (Wildman–Crippen LogP) is 2.96. The number of carbonyl (C=O) groups is 3. The molecule has 0 aliphatic carbocycles. The Morgan fingerprint density at radius 1 is 0.821 bits per heavy atom. The number of fused-ring (bicyclic) bond motifs is 1. The van der Waals surface area contributed by atoms with E-state index in [9.17, 15) is 14.4 Å². The molecule has 0 atom stereocenters. The molecule has 0 fully saturated rings. The Labute approximate surface area is 162 Å². The Kier molecular flexibility index (Phi) is 6.01. The first kappa shape index (κ1) is 19.1. The molecule has 0 aromatic heterocycles. The average Bonchev–Trinajstić information content (AvgIpc) is 2.73. The van der Waals surface area contributed by atoms with Crippen molar-refractivity contribution in [2.75, 3.05) is 18.9 Å². The van der Waals surface area contributed by atoms with Gasteiger partial charge in [0, 0.05) is 25.6 Å². The highest BCUT2D eigenvalue weighted by molar-refractivity contribution is 6.04. The second-order valence-electron chi connectivity index (χ2n) is 6.24. The number of rotatable bonds is 6. The molecule has 0 saturated heterocycles. The summed E-state index contributed by atoms with van der Waals surface area (Å²) >= 11 is 0. The third-order valence-corrected chi connectivity index (χ3v) is 4.32. The third kappa shape index (κ3) is 4.54. The SMILES string of the molecule is CNC(=O)c1ccccc1NC(=O)CCNC(=O)c1ccc2ccccc2c1. The summed E-state index contributed by atoms with van der Waals surface area (Å²) < 4.78 is 0. The van der Waals surface area contributed by atoms with E-state index < -0.39 is 0 Å². The van der Waals surface area contributed by atoms with E-state index in [2.05, 4.69) is 16.0 Å². The number of para-hydroxylation sites is 1. The highest BCUT2D eigenvalue weighted by Crippen LogP contribution is 2.16. The topological polar surface area (TPSA) is 87.3 Å². The van der Waals surface area contributed by atoms with Crippen LogP contribution in [0.3, 0.4) is 0 Å². The Morgan fingerprint density at radius 2 is 1.54 bits per heavy atom. The standard InChI is InChI=1S/C22H21N3O3/c1-23-22(28)18-8-4-5-9-19(18)25-20(26)12-13-24-21(27)17-11-10-15-6-2-3-7-16(15)14-17/h2-11,14H,12-13H2,1H3,(H,23,28)(H,24,27)(H,25,26). The summed E-state index contributed by atoms with van der Waals surface area (Å²) in [7, 11) is 1.53. The smallest absolute Gasteiger partial charge is 0.253 e. The number of nitrogens with one attached hydrogen (secondary N) is 3. The fourth-order valence-electron chi connectivity index (χ4n) is 2.86. The van der Waals surface area contributed by atoms with Crippen molar-refractivity contribution in [3.8, 4) is 0 Å². The summed E-state index contributed by atoms with van der Waals surface area (Å²) in [6.45, 7) is 0.194. The molecule has 3 N–H and O–H groups in total. The van der Waals surface area contributed by atoms with Gasteiger partial charge in [-0.25, -0.2) is 0 Å². The van der Waals surface area contributed by atoms with Gasteiger partial charge in [0.15, 0.2) is 0 Å². The van der Waals surface area contributed by atoms with Gasteiger partial charge in [-0.1, -0.05) is 42.5 Å². The number of anilines is 1. The molecule has 0 radical (unpaired) electrons. The fraction of sp³-hybridized carbons (Fsp3) is 0.136. The molecule has 3 aromatic rings. The van der Waals surface area contributed by atoms with Crippen LogP contribution in [0, 0.1) is 0 Å². The van der Waals surface area contributed by atoms with Crippen LogP contribution >= 0.6 is 0 Å². The largest absolute Gasteiger partial charge is 0.355 e. The van der Waals surface area contributed by atoms with Gasteiger partial charge in [-0.15, -0.1) is 0 Å². The van der Waals surface area contributed by atoms with Crippen LogP contribution in [-0.4, -0.2) is 31.3 Å². The maximum Gasteiger partial charge on any atom is 0.253 e. The molecule has 0 saturated carbocycles. The lowest BCUT2D eigenvalue weighted by molar-refractivity contribution is -0.116. The van der Waals surface area contributed by atoms with Crippen molar-refractivity contribution in [3.05, 3.63) is 77.9 Å². The Bertz CT molecular complexity index is 1030. The minimum absolute atomic E-state index is 0.0986. The predicted molar refractivity (Wildman–Crippen MR) is 109 cm³/mol. The molecule has 3 rings (SSSR count). The molecule has 0 aliphatic heterocycles. The first-order chi connectivity index (χ1) is 13.6. The van der Waals surface area contributed by atoms with Crippen molar-refractivity contribution in [2.24, 2.45) is 0 Å². The normalized spacial score (nSPS) is 10.3. The first-order valence-electron chi connectivity index (χ1n) is 8.96. The Balaban J connectivity index is 1.55. The van der Waals surface area contributed by atoms with E-state index in [1.807, 2.05) is 36.4 Å². The lowest BCUT2D eigenvalue weighted by atomic mass is 10.1. The minimum Gasteiger partial charge on any atom is -0.355 e. The molecule has 0 bridgehead atoms. The second kappa shape index (κ2) is 8.81. The maximum absolute atomic E-state index is 12.3. The number of amides is 3. The molecule has 3 amide bonds. The van der Waals surface area contributed by atoms with E-state index in [4.69, 9.17) is 0 Å². The molecule has 0 spiro atoms. The van der Waals surface area contributed by atoms with Gasteiger partial charge in [-0.05, 0) is 35.0 Å². The van der Waals surface area contributed by atoms with E-state index in [0.29, 0.717) is 16.8 Å². The molecule has 28 heavy (non-hydrogen) atoms. The lowest BCUT2D eigenvalue weighted by Gasteiger charge is -2.10. The van der Waals surface area contributed by atoms with Gasteiger partial charge in [0.05, 0.1) is 11.3 Å². The van der Waals surface area contributed by atoms with Crippen LogP contribution in [0.4, 0.5) is 5.69 Å². The first-order valence-corrected chi connectivity index (χ1v) is 8.96. The van der Waals surface area contributed by atoms with Gasteiger partial charge in [-0.3, -0.25) is 14.4 Å². The van der Waals surface area contributed by atoms with E-state index in [0.717, 1.165) is 10.8 Å². The van der Waals surface area contributed by atoms with Crippen LogP contribution in [0.2, 0.25) is 0 Å². The molecule has 3 aromatic carbocycles. The van der Waals surface area contributed by atoms with E-state index in [-0.39, 0.29) is 30.7 Å². The monoisotopic (exact) mass is 375 g/mol. The van der Waals surface area contributed by atoms with Crippen LogP contribution in [0.25, 0.3) is 10.8 Å². The van der Waals surface area contributed by atoms with Crippen LogP contribution in [0.5, 0.6) is 0 Å². The van der Waals surface area contributed by atoms with Gasteiger partial charge >= 0.3 is 0 Å². The minimum atomic E-state index is -0.282. The van der Waals surface area contributed by atoms with Gasteiger partial charge in [-0.2, -0.15) is 0 Å².